The van der Waals surface area contributed by atoms with E-state index in [9.17, 15) is 4.79 Å². The Kier molecular flexibility index (Phi) is 4.70. The van der Waals surface area contributed by atoms with Crippen LogP contribution in [0.4, 0.5) is 0 Å². The highest BCUT2D eigenvalue weighted by Crippen LogP contribution is 2.06. The first kappa shape index (κ1) is 13.4. The van der Waals surface area contributed by atoms with Gasteiger partial charge in [-0.2, -0.15) is 0 Å². The second kappa shape index (κ2) is 5.61. The van der Waals surface area contributed by atoms with Crippen molar-refractivity contribution in [2.24, 2.45) is 0 Å². The molecule has 5 nitrogen and oxygen atoms in total. The van der Waals surface area contributed by atoms with Gasteiger partial charge in [-0.1, -0.05) is 0 Å². The first-order chi connectivity index (χ1) is 7.42. The van der Waals surface area contributed by atoms with Crippen LogP contribution < -0.4 is 5.32 Å². The van der Waals surface area contributed by atoms with Crippen LogP contribution in [0.5, 0.6) is 0 Å². The summed E-state index contributed by atoms with van der Waals surface area (Å²) in [5, 5.41) is 12.1. The van der Waals surface area contributed by atoms with Crippen molar-refractivity contribution in [2.75, 3.05) is 32.9 Å². The molecule has 0 radical (unpaired) electrons. The molecular weight excluding hydrogens is 208 g/mol. The molecule has 0 aromatic carbocycles. The molecule has 1 heterocycles. The smallest absolute Gasteiger partial charge is 0.234 e. The molecular formula is C11H22N2O3. The molecule has 1 fully saturated rings. The molecule has 1 unspecified atom stereocenters. The number of aliphatic hydroxyl groups excluding tert-OH is 1. The molecule has 1 rings (SSSR count). The summed E-state index contributed by atoms with van der Waals surface area (Å²) in [5.74, 6) is -0.00662. The Hall–Kier alpha value is -0.650. The largest absolute Gasteiger partial charge is 0.395 e. The van der Waals surface area contributed by atoms with Crippen LogP contribution in [0, 0.1) is 0 Å². The zero-order valence-corrected chi connectivity index (χ0v) is 10.3. The minimum absolute atomic E-state index is 0.00662. The number of nitrogens with zero attached hydrogens (tertiary/aromatic N) is 1. The van der Waals surface area contributed by atoms with Crippen molar-refractivity contribution in [3.05, 3.63) is 0 Å². The fraction of sp³-hybridized carbons (Fsp3) is 0.909. The van der Waals surface area contributed by atoms with Gasteiger partial charge >= 0.3 is 0 Å². The van der Waals surface area contributed by atoms with Crippen molar-refractivity contribution in [3.63, 3.8) is 0 Å². The Bertz CT molecular complexity index is 238. The summed E-state index contributed by atoms with van der Waals surface area (Å²) in [5.41, 5.74) is -0.210. The van der Waals surface area contributed by atoms with Crippen LogP contribution in [0.3, 0.4) is 0 Å². The number of hydrogen-bond acceptors (Lipinski definition) is 4. The summed E-state index contributed by atoms with van der Waals surface area (Å²) < 4.78 is 5.25. The molecule has 2 N–H and O–H groups in total. The number of amides is 1. The Balaban J connectivity index is 2.42. The first-order valence-corrected chi connectivity index (χ1v) is 5.66. The molecule has 0 aliphatic carbocycles. The van der Waals surface area contributed by atoms with E-state index in [-0.39, 0.29) is 24.1 Å². The number of aliphatic hydroxyl groups is 1. The van der Waals surface area contributed by atoms with Crippen molar-refractivity contribution in [2.45, 2.75) is 32.4 Å². The highest BCUT2D eigenvalue weighted by atomic mass is 16.5. The molecule has 0 bridgehead atoms. The van der Waals surface area contributed by atoms with E-state index in [1.165, 1.54) is 0 Å². The second-order valence-corrected chi connectivity index (χ2v) is 5.18. The minimum atomic E-state index is -0.210. The quantitative estimate of drug-likeness (QED) is 0.692. The Morgan fingerprint density at radius 3 is 2.81 bits per heavy atom. The van der Waals surface area contributed by atoms with Crippen molar-refractivity contribution in [1.82, 2.24) is 10.2 Å². The van der Waals surface area contributed by atoms with Gasteiger partial charge in [0.15, 0.2) is 0 Å². The number of rotatable bonds is 3. The average Bonchev–Trinajstić information content (AvgIpc) is 2.15. The van der Waals surface area contributed by atoms with Crippen molar-refractivity contribution in [1.29, 1.82) is 0 Å². The van der Waals surface area contributed by atoms with Gasteiger partial charge in [0.05, 0.1) is 32.4 Å². The van der Waals surface area contributed by atoms with Crippen LogP contribution in [0.2, 0.25) is 0 Å². The Morgan fingerprint density at radius 1 is 1.56 bits per heavy atom. The Labute approximate surface area is 96.8 Å². The fourth-order valence-corrected chi connectivity index (χ4v) is 1.71. The minimum Gasteiger partial charge on any atom is -0.395 e. The van der Waals surface area contributed by atoms with Gasteiger partial charge in [0.2, 0.25) is 5.91 Å². The molecule has 0 spiro atoms. The summed E-state index contributed by atoms with van der Waals surface area (Å²) >= 11 is 0. The summed E-state index contributed by atoms with van der Waals surface area (Å²) in [7, 11) is 0. The lowest BCUT2D eigenvalue weighted by Crippen LogP contribution is -2.53. The second-order valence-electron chi connectivity index (χ2n) is 5.18. The molecule has 16 heavy (non-hydrogen) atoms. The van der Waals surface area contributed by atoms with Crippen LogP contribution >= 0.6 is 0 Å². The topological polar surface area (TPSA) is 61.8 Å². The lowest BCUT2D eigenvalue weighted by molar-refractivity contribution is -0.126. The third-order valence-electron chi connectivity index (χ3n) is 2.42. The maximum absolute atomic E-state index is 11.7. The number of ether oxygens (including phenoxy) is 1. The average molecular weight is 230 g/mol. The standard InChI is InChI=1S/C11H22N2O3/c1-11(2,3)12-10(15)6-13-4-5-16-8-9(13)7-14/h9,14H,4-8H2,1-3H3,(H,12,15). The highest BCUT2D eigenvalue weighted by Gasteiger charge is 2.25. The maximum Gasteiger partial charge on any atom is 0.234 e. The number of carbonyl (C=O) groups excluding carboxylic acids is 1. The molecule has 1 atom stereocenters. The first-order valence-electron chi connectivity index (χ1n) is 5.66. The maximum atomic E-state index is 11.7. The van der Waals surface area contributed by atoms with Gasteiger partial charge in [0, 0.05) is 12.1 Å². The van der Waals surface area contributed by atoms with Crippen molar-refractivity contribution >= 4 is 5.91 Å². The van der Waals surface area contributed by atoms with Gasteiger partial charge in [-0.3, -0.25) is 9.69 Å². The monoisotopic (exact) mass is 230 g/mol. The third-order valence-corrected chi connectivity index (χ3v) is 2.42. The molecule has 0 aromatic rings. The van der Waals surface area contributed by atoms with E-state index in [1.807, 2.05) is 25.7 Å². The number of carbonyl (C=O) groups is 1. The zero-order valence-electron chi connectivity index (χ0n) is 10.3. The summed E-state index contributed by atoms with van der Waals surface area (Å²) in [6, 6.07) is -0.0560. The van der Waals surface area contributed by atoms with Gasteiger partial charge in [-0.25, -0.2) is 0 Å². The van der Waals surface area contributed by atoms with E-state index in [0.717, 1.165) is 0 Å². The zero-order chi connectivity index (χ0) is 12.2. The van der Waals surface area contributed by atoms with E-state index < -0.39 is 0 Å². The normalized spacial score (nSPS) is 23.1. The van der Waals surface area contributed by atoms with Crippen molar-refractivity contribution in [3.8, 4) is 0 Å². The van der Waals surface area contributed by atoms with Crippen molar-refractivity contribution < 1.29 is 14.6 Å². The van der Waals surface area contributed by atoms with Crippen LogP contribution in [0.15, 0.2) is 0 Å². The van der Waals surface area contributed by atoms with Gasteiger partial charge in [0.1, 0.15) is 0 Å². The number of nitrogens with one attached hydrogen (secondary N) is 1. The predicted octanol–water partition coefficient (Wildman–Crippen LogP) is -0.406. The van der Waals surface area contributed by atoms with Gasteiger partial charge < -0.3 is 15.2 Å². The molecule has 94 valence electrons. The van der Waals surface area contributed by atoms with E-state index in [0.29, 0.717) is 26.3 Å². The van der Waals surface area contributed by atoms with Crippen LogP contribution in [0.25, 0.3) is 0 Å². The van der Waals surface area contributed by atoms with E-state index in [1.54, 1.807) is 0 Å². The Morgan fingerprint density at radius 2 is 2.25 bits per heavy atom. The molecule has 5 heteroatoms. The summed E-state index contributed by atoms with van der Waals surface area (Å²) in [6.45, 7) is 8.03. The van der Waals surface area contributed by atoms with Crippen LogP contribution in [0.1, 0.15) is 20.8 Å². The summed E-state index contributed by atoms with van der Waals surface area (Å²) in [4.78, 5) is 13.7. The molecule has 0 saturated carbocycles. The molecule has 1 amide bonds. The van der Waals surface area contributed by atoms with E-state index in [4.69, 9.17) is 9.84 Å². The SMILES string of the molecule is CC(C)(C)NC(=O)CN1CCOCC1CO. The number of morpholine rings is 1. The van der Waals surface area contributed by atoms with Crippen LogP contribution in [-0.2, 0) is 9.53 Å². The lowest BCUT2D eigenvalue weighted by Gasteiger charge is -2.34. The highest BCUT2D eigenvalue weighted by molar-refractivity contribution is 5.78. The van der Waals surface area contributed by atoms with Crippen LogP contribution in [-0.4, -0.2) is 60.4 Å². The van der Waals surface area contributed by atoms with Gasteiger partial charge in [0.25, 0.3) is 0 Å². The predicted molar refractivity (Wildman–Crippen MR) is 61.2 cm³/mol. The molecule has 1 aliphatic heterocycles. The van der Waals surface area contributed by atoms with Gasteiger partial charge in [-0.15, -0.1) is 0 Å². The summed E-state index contributed by atoms with van der Waals surface area (Å²) in [6.07, 6.45) is 0. The van der Waals surface area contributed by atoms with E-state index in [2.05, 4.69) is 5.32 Å². The fourth-order valence-electron chi connectivity index (χ4n) is 1.71. The lowest BCUT2D eigenvalue weighted by atomic mass is 10.1. The molecule has 1 aliphatic rings. The van der Waals surface area contributed by atoms with Gasteiger partial charge in [-0.05, 0) is 20.8 Å². The molecule has 0 aromatic heterocycles. The molecule has 1 saturated heterocycles. The van der Waals surface area contributed by atoms with E-state index >= 15 is 0 Å². The third kappa shape index (κ3) is 4.47. The number of hydrogen-bond donors (Lipinski definition) is 2.